The van der Waals surface area contributed by atoms with Crippen LogP contribution < -0.4 is 0 Å². The van der Waals surface area contributed by atoms with Gasteiger partial charge >= 0.3 is 39.0 Å². The number of nitrogens with zero attached hydrogens (tertiary/aromatic N) is 2. The molecule has 3 aliphatic heterocycles. The maximum atomic E-state index is 11.8. The first-order chi connectivity index (χ1) is 25.7. The van der Waals surface area contributed by atoms with Crippen molar-refractivity contribution in [1.82, 2.24) is 9.32 Å². The lowest BCUT2D eigenvalue weighted by Gasteiger charge is -2.24. The number of rotatable bonds is 12. The van der Waals surface area contributed by atoms with E-state index in [4.69, 9.17) is 62.4 Å². The molecule has 344 valence electrons. The highest BCUT2D eigenvalue weighted by molar-refractivity contribution is 7.60. The monoisotopic (exact) mass is 954 g/mol. The topological polar surface area (TPSA) is 471 Å². The van der Waals surface area contributed by atoms with Crippen molar-refractivity contribution in [3.05, 3.63) is 18.7 Å². The van der Waals surface area contributed by atoms with Gasteiger partial charge in [-0.2, -0.15) is 4.31 Å². The maximum absolute atomic E-state index is 11.8. The number of aliphatic hydroxyl groups is 6. The molecule has 15 N–H and O–H groups in total. The molecule has 0 aliphatic carbocycles. The molecule has 5 unspecified atom stereocenters. The molecular weight excluding hydrogens is 903 g/mol. The molecule has 34 heteroatoms. The third-order valence-corrected chi connectivity index (χ3v) is 12.6. The third kappa shape index (κ3) is 17.7. The highest BCUT2D eigenvalue weighted by Crippen LogP contribution is 2.57. The molecule has 4 rings (SSSR count). The summed E-state index contributed by atoms with van der Waals surface area (Å²) < 4.78 is 86.1. The van der Waals surface area contributed by atoms with Gasteiger partial charge in [-0.1, -0.05) is 0 Å². The first-order valence-electron chi connectivity index (χ1n) is 16.1. The maximum Gasteiger partial charge on any atom is 0.481 e. The number of aliphatic hydroxyl groups excluding tert-OH is 3. The van der Waals surface area contributed by atoms with Gasteiger partial charge in [-0.3, -0.25) is 13.6 Å². The fourth-order valence-electron chi connectivity index (χ4n) is 4.80. The summed E-state index contributed by atoms with van der Waals surface area (Å²) in [6.07, 6.45) is -4.93. The van der Waals surface area contributed by atoms with Gasteiger partial charge in [0.1, 0.15) is 59.8 Å². The minimum atomic E-state index is -5.19. The van der Waals surface area contributed by atoms with E-state index >= 15 is 0 Å². The first-order valence-corrected chi connectivity index (χ1v) is 23.8. The predicted octanol–water partition coefficient (Wildman–Crippen LogP) is -3.07. The summed E-state index contributed by atoms with van der Waals surface area (Å²) in [5.41, 5.74) is -4.43. The van der Waals surface area contributed by atoms with E-state index < -0.39 is 124 Å². The summed E-state index contributed by atoms with van der Waals surface area (Å²) in [5.74, 6) is 0. The second-order valence-corrected chi connectivity index (χ2v) is 20.1. The van der Waals surface area contributed by atoms with Gasteiger partial charge in [-0.15, -0.1) is 0 Å². The summed E-state index contributed by atoms with van der Waals surface area (Å²) in [6, 6.07) is 0. The molecule has 3 aliphatic rings. The van der Waals surface area contributed by atoms with Crippen LogP contribution in [0.15, 0.2) is 18.7 Å². The van der Waals surface area contributed by atoms with Crippen LogP contribution in [0, 0.1) is 0 Å². The highest BCUT2D eigenvalue weighted by Gasteiger charge is 2.52. The summed E-state index contributed by atoms with van der Waals surface area (Å²) in [7, 11) is -23.5. The molecule has 0 radical (unpaired) electrons. The summed E-state index contributed by atoms with van der Waals surface area (Å²) in [4.78, 5) is 77.6. The molecule has 58 heavy (non-hydrogen) atoms. The van der Waals surface area contributed by atoms with Crippen LogP contribution in [-0.4, -0.2) is 176 Å². The molecule has 3 saturated heterocycles. The van der Waals surface area contributed by atoms with E-state index in [9.17, 15) is 53.8 Å². The lowest BCUT2D eigenvalue weighted by atomic mass is 9.94. The van der Waals surface area contributed by atoms with Crippen LogP contribution in [0.4, 0.5) is 0 Å². The minimum absolute atomic E-state index is 0.312. The van der Waals surface area contributed by atoms with Gasteiger partial charge < -0.3 is 88.9 Å². The van der Waals surface area contributed by atoms with Crippen molar-refractivity contribution in [1.29, 1.82) is 0 Å². The van der Waals surface area contributed by atoms with Crippen molar-refractivity contribution in [2.24, 2.45) is 0 Å². The number of phosphoric acid groups is 4. The summed E-state index contributed by atoms with van der Waals surface area (Å²) in [5, 5.41) is 58.6. The van der Waals surface area contributed by atoms with Gasteiger partial charge in [0.15, 0.2) is 0 Å². The SMILES string of the molecule is CC1O[C@H](COP(=O)(O)O)[C@@H](O)[C@@]1(C)O.CC1O[C@H](COP(=O)(O)OP(=O)(O)O)[C@@H](O)[C@@]1(C)O.CC1O[C@H](COP(=O)(O)n2ccnc2)[C@@H](O)[C@@]1(C)O.O=P(O)(O)O. The molecule has 14 atom stereocenters. The molecule has 29 nitrogen and oxygen atoms in total. The van der Waals surface area contributed by atoms with Crippen molar-refractivity contribution in [3.8, 4) is 0 Å². The Kier molecular flexibility index (Phi) is 19.9. The molecule has 1 aromatic rings. The molecular formula is C24H51N2O27P5. The van der Waals surface area contributed by atoms with E-state index in [-0.39, 0.29) is 6.61 Å². The normalized spacial score (nSPS) is 37.3. The van der Waals surface area contributed by atoms with Gasteiger partial charge in [0.2, 0.25) is 0 Å². The van der Waals surface area contributed by atoms with Gasteiger partial charge in [0, 0.05) is 12.4 Å². The Hall–Kier alpha value is -0.520. The first kappa shape index (κ1) is 55.5. The van der Waals surface area contributed by atoms with Crippen LogP contribution >= 0.6 is 39.0 Å². The smallest absolute Gasteiger partial charge is 0.387 e. The lowest BCUT2D eigenvalue weighted by molar-refractivity contribution is -0.0572. The zero-order valence-electron chi connectivity index (χ0n) is 31.3. The number of imidazole rings is 1. The van der Waals surface area contributed by atoms with E-state index in [0.29, 0.717) is 0 Å². The highest BCUT2D eigenvalue weighted by atomic mass is 31.3. The largest absolute Gasteiger partial charge is 0.481 e. The quantitative estimate of drug-likeness (QED) is 0.0924. The van der Waals surface area contributed by atoms with E-state index in [1.54, 1.807) is 13.8 Å². The lowest BCUT2D eigenvalue weighted by Crippen LogP contribution is -2.45. The third-order valence-electron chi connectivity index (χ3n) is 8.67. The molecule has 4 heterocycles. The Morgan fingerprint density at radius 3 is 1.19 bits per heavy atom. The van der Waals surface area contributed by atoms with Crippen molar-refractivity contribution in [3.63, 3.8) is 0 Å². The molecule has 0 amide bonds. The summed E-state index contributed by atoms with van der Waals surface area (Å²) in [6.45, 7) is 7.32. The van der Waals surface area contributed by atoms with Gasteiger partial charge in [-0.25, -0.2) is 32.1 Å². The van der Waals surface area contributed by atoms with Gasteiger partial charge in [0.25, 0.3) is 0 Å². The number of hydrogen-bond donors (Lipinski definition) is 15. The molecule has 0 spiro atoms. The second-order valence-electron chi connectivity index (χ2n) is 13.3. The summed E-state index contributed by atoms with van der Waals surface area (Å²) >= 11 is 0. The molecule has 0 bridgehead atoms. The Labute approximate surface area is 329 Å². The molecule has 1 aromatic heterocycles. The van der Waals surface area contributed by atoms with Crippen molar-refractivity contribution in [2.75, 3.05) is 19.8 Å². The standard InChI is InChI=1S/C10H17N2O6P.C7H16O10P2.C7H15O7P.H3O4P/c1-7-10(2,14)9(13)8(18-7)5-17-19(15,16)12-4-3-11-6-12;1-4-7(2,9)6(8)5(16-4)3-15-19(13,14)17-18(10,11)12;1-4-7(2,9)6(8)5(14-4)3-13-15(10,11)12;1-5(2,3)4/h3-4,6-9,13-14H,5H2,1-2H3,(H,15,16);4-6,8-9H,3H2,1-2H3,(H,13,14)(H2,10,11,12);4-6,8-9H,3H2,1-2H3,(H2,10,11,12);(H3,1,2,3,4)/t7?,8-,9-,10+;2*4?,5-,6-,7+;/m111./s1. The Bertz CT molecular complexity index is 1670. The van der Waals surface area contributed by atoms with Crippen LogP contribution in [-0.2, 0) is 54.9 Å². The molecule has 0 aromatic carbocycles. The Morgan fingerprint density at radius 2 is 0.931 bits per heavy atom. The van der Waals surface area contributed by atoms with Crippen LogP contribution in [0.5, 0.6) is 0 Å². The Balaban J connectivity index is 0.000000413. The van der Waals surface area contributed by atoms with E-state index in [0.717, 1.165) is 10.7 Å². The fraction of sp³-hybridized carbons (Fsp3) is 0.875. The van der Waals surface area contributed by atoms with Crippen LogP contribution in [0.25, 0.3) is 0 Å². The van der Waals surface area contributed by atoms with E-state index in [1.165, 1.54) is 40.1 Å². The Morgan fingerprint density at radius 1 is 0.603 bits per heavy atom. The average molecular weight is 955 g/mol. The molecule has 3 fully saturated rings. The number of hydrogen-bond acceptors (Lipinski definition) is 19. The number of phosphoric ester groups is 2. The van der Waals surface area contributed by atoms with Crippen molar-refractivity contribution in [2.45, 2.75) is 113 Å². The second kappa shape index (κ2) is 20.8. The molecule has 0 saturated carbocycles. The van der Waals surface area contributed by atoms with Crippen LogP contribution in [0.2, 0.25) is 0 Å². The van der Waals surface area contributed by atoms with Crippen LogP contribution in [0.3, 0.4) is 0 Å². The zero-order chi connectivity index (χ0) is 45.7. The number of aromatic nitrogens is 2. The van der Waals surface area contributed by atoms with E-state index in [2.05, 4.69) is 18.3 Å². The van der Waals surface area contributed by atoms with Gasteiger partial charge in [-0.05, 0) is 41.5 Å². The van der Waals surface area contributed by atoms with Crippen molar-refractivity contribution >= 4 is 39.0 Å². The van der Waals surface area contributed by atoms with Gasteiger partial charge in [0.05, 0.1) is 38.1 Å². The zero-order valence-corrected chi connectivity index (χ0v) is 35.8. The van der Waals surface area contributed by atoms with E-state index in [1.807, 2.05) is 0 Å². The minimum Gasteiger partial charge on any atom is -0.387 e. The predicted molar refractivity (Wildman–Crippen MR) is 187 cm³/mol. The average Bonchev–Trinajstić information content (AvgIpc) is 3.74. The fourth-order valence-corrected chi connectivity index (χ4v) is 7.63. The number of ether oxygens (including phenoxy) is 3. The van der Waals surface area contributed by atoms with Crippen molar-refractivity contribution < 1.29 is 130 Å². The van der Waals surface area contributed by atoms with Crippen LogP contribution in [0.1, 0.15) is 41.5 Å².